The number of ether oxygens (including phenoxy) is 2. The van der Waals surface area contributed by atoms with Crippen molar-refractivity contribution in [2.45, 2.75) is 27.3 Å². The number of imide groups is 1. The van der Waals surface area contributed by atoms with Crippen molar-refractivity contribution in [3.8, 4) is 11.5 Å². The second kappa shape index (κ2) is 8.97. The van der Waals surface area contributed by atoms with Gasteiger partial charge in [-0.15, -0.1) is 0 Å². The molecule has 0 unspecified atom stereocenters. The highest BCUT2D eigenvalue weighted by atomic mass is 32.2. The summed E-state index contributed by atoms with van der Waals surface area (Å²) in [6.07, 6.45) is 1.71. The van der Waals surface area contributed by atoms with Crippen LogP contribution < -0.4 is 9.47 Å². The minimum atomic E-state index is -0.283. The Bertz CT molecular complexity index is 923. The lowest BCUT2D eigenvalue weighted by atomic mass is 10.1. The summed E-state index contributed by atoms with van der Waals surface area (Å²) < 4.78 is 11.2. The van der Waals surface area contributed by atoms with E-state index < -0.39 is 0 Å². The zero-order valence-electron chi connectivity index (χ0n) is 16.2. The quantitative estimate of drug-likeness (QED) is 0.614. The molecule has 1 fully saturated rings. The van der Waals surface area contributed by atoms with Gasteiger partial charge in [0.2, 0.25) is 0 Å². The van der Waals surface area contributed by atoms with Crippen molar-refractivity contribution in [1.29, 1.82) is 0 Å². The van der Waals surface area contributed by atoms with Crippen molar-refractivity contribution >= 4 is 29.0 Å². The average Bonchev–Trinajstić information content (AvgIpc) is 2.93. The van der Waals surface area contributed by atoms with Crippen LogP contribution in [0.15, 0.2) is 47.4 Å². The van der Waals surface area contributed by atoms with Gasteiger partial charge >= 0.3 is 0 Å². The summed E-state index contributed by atoms with van der Waals surface area (Å²) in [5.74, 6) is 1.05. The van der Waals surface area contributed by atoms with Gasteiger partial charge in [0.1, 0.15) is 11.5 Å². The molecule has 0 bridgehead atoms. The van der Waals surface area contributed by atoms with Crippen LogP contribution >= 0.6 is 11.8 Å². The van der Waals surface area contributed by atoms with Gasteiger partial charge in [0.15, 0.2) is 0 Å². The molecule has 1 saturated heterocycles. The lowest BCUT2D eigenvalue weighted by Gasteiger charge is -2.14. The first-order chi connectivity index (χ1) is 13.5. The third-order valence-electron chi connectivity index (χ3n) is 4.35. The number of aryl methyl sites for hydroxylation is 1. The molecule has 0 aromatic heterocycles. The fourth-order valence-corrected chi connectivity index (χ4v) is 3.74. The highest BCUT2D eigenvalue weighted by molar-refractivity contribution is 8.18. The number of rotatable bonds is 7. The Kier molecular flexibility index (Phi) is 6.41. The Balaban J connectivity index is 1.86. The predicted octanol–water partition coefficient (Wildman–Crippen LogP) is 5.03. The minimum absolute atomic E-state index is 0.261. The van der Waals surface area contributed by atoms with E-state index in [9.17, 15) is 9.59 Å². The predicted molar refractivity (Wildman–Crippen MR) is 111 cm³/mol. The van der Waals surface area contributed by atoms with Gasteiger partial charge in [-0.25, -0.2) is 0 Å². The van der Waals surface area contributed by atoms with Crippen LogP contribution in [0, 0.1) is 6.92 Å². The molecule has 0 radical (unpaired) electrons. The summed E-state index contributed by atoms with van der Waals surface area (Å²) in [4.78, 5) is 26.9. The summed E-state index contributed by atoms with van der Waals surface area (Å²) in [5, 5.41) is -0.261. The van der Waals surface area contributed by atoms with Crippen molar-refractivity contribution in [1.82, 2.24) is 4.90 Å². The maximum absolute atomic E-state index is 12.8. The van der Waals surface area contributed by atoms with Crippen LogP contribution in [0.3, 0.4) is 0 Å². The van der Waals surface area contributed by atoms with Crippen molar-refractivity contribution in [2.75, 3.05) is 13.2 Å². The largest absolute Gasteiger partial charge is 0.494 e. The maximum Gasteiger partial charge on any atom is 0.293 e. The summed E-state index contributed by atoms with van der Waals surface area (Å²) in [5.41, 5.74) is 2.75. The number of amides is 2. The monoisotopic (exact) mass is 397 g/mol. The maximum atomic E-state index is 12.8. The van der Waals surface area contributed by atoms with Gasteiger partial charge in [-0.05, 0) is 61.9 Å². The van der Waals surface area contributed by atoms with E-state index in [1.165, 1.54) is 4.90 Å². The first-order valence-corrected chi connectivity index (χ1v) is 10.0. The molecule has 5 nitrogen and oxygen atoms in total. The van der Waals surface area contributed by atoms with Crippen molar-refractivity contribution in [3.05, 3.63) is 64.1 Å². The molecule has 0 saturated carbocycles. The second-order valence-electron chi connectivity index (χ2n) is 6.26. The zero-order chi connectivity index (χ0) is 20.1. The van der Waals surface area contributed by atoms with E-state index in [2.05, 4.69) is 0 Å². The average molecular weight is 397 g/mol. The van der Waals surface area contributed by atoms with Crippen molar-refractivity contribution in [2.24, 2.45) is 0 Å². The molecule has 0 spiro atoms. The number of thioether (sulfide) groups is 1. The van der Waals surface area contributed by atoms with Crippen LogP contribution in [-0.4, -0.2) is 29.3 Å². The van der Waals surface area contributed by atoms with Gasteiger partial charge in [0.25, 0.3) is 11.1 Å². The Hall–Kier alpha value is -2.73. The molecule has 2 amide bonds. The first-order valence-electron chi connectivity index (χ1n) is 9.23. The van der Waals surface area contributed by atoms with Crippen molar-refractivity contribution < 1.29 is 19.1 Å². The summed E-state index contributed by atoms with van der Waals surface area (Å²) in [7, 11) is 0. The van der Waals surface area contributed by atoms with Crippen molar-refractivity contribution in [3.63, 3.8) is 0 Å². The van der Waals surface area contributed by atoms with E-state index in [1.807, 2.05) is 57.2 Å². The fraction of sp³-hybridized carbons (Fsp3) is 0.273. The van der Waals surface area contributed by atoms with Gasteiger partial charge in [-0.2, -0.15) is 0 Å². The lowest BCUT2D eigenvalue weighted by molar-refractivity contribution is -0.123. The molecule has 0 aliphatic carbocycles. The lowest BCUT2D eigenvalue weighted by Crippen LogP contribution is -2.27. The van der Waals surface area contributed by atoms with Crippen LogP contribution in [0.1, 0.15) is 30.5 Å². The van der Waals surface area contributed by atoms with Gasteiger partial charge in [-0.3, -0.25) is 14.5 Å². The third-order valence-corrected chi connectivity index (χ3v) is 5.25. The van der Waals surface area contributed by atoms with Crippen LogP contribution in [0.4, 0.5) is 4.79 Å². The molecule has 1 aliphatic rings. The number of carbonyl (C=O) groups is 2. The van der Waals surface area contributed by atoms with E-state index >= 15 is 0 Å². The molecule has 2 aromatic rings. The summed E-state index contributed by atoms with van der Waals surface area (Å²) in [6, 6.07) is 13.2. The third kappa shape index (κ3) is 4.39. The van der Waals surface area contributed by atoms with Crippen LogP contribution in [0.2, 0.25) is 0 Å². The SMILES string of the molecule is CCOc1ccc(/C=C2\SC(=O)N(Cc3ccccc3C)C2=O)c(OCC)c1. The molecule has 28 heavy (non-hydrogen) atoms. The fourth-order valence-electron chi connectivity index (χ4n) is 2.91. The normalized spacial score (nSPS) is 15.4. The number of hydrogen-bond donors (Lipinski definition) is 0. The van der Waals surface area contributed by atoms with Crippen LogP contribution in [0.25, 0.3) is 6.08 Å². The topological polar surface area (TPSA) is 55.8 Å². The highest BCUT2D eigenvalue weighted by Gasteiger charge is 2.35. The van der Waals surface area contributed by atoms with Gasteiger partial charge in [-0.1, -0.05) is 24.3 Å². The first kappa shape index (κ1) is 20.0. The Morgan fingerprint density at radius 2 is 1.79 bits per heavy atom. The number of hydrogen-bond acceptors (Lipinski definition) is 5. The van der Waals surface area contributed by atoms with Crippen LogP contribution in [-0.2, 0) is 11.3 Å². The molecule has 1 aliphatic heterocycles. The van der Waals surface area contributed by atoms with E-state index in [4.69, 9.17) is 9.47 Å². The standard InChI is InChI=1S/C22H23NO4S/c1-4-26-18-11-10-16(19(13-18)27-5-2)12-20-21(24)23(22(25)28-20)14-17-9-7-6-8-15(17)3/h6-13H,4-5,14H2,1-3H3/b20-12-. The number of nitrogens with zero attached hydrogens (tertiary/aromatic N) is 1. The Labute approximate surface area is 169 Å². The Morgan fingerprint density at radius 3 is 2.50 bits per heavy atom. The molecule has 0 atom stereocenters. The molecule has 1 heterocycles. The van der Waals surface area contributed by atoms with Gasteiger partial charge < -0.3 is 9.47 Å². The molecule has 2 aromatic carbocycles. The van der Waals surface area contributed by atoms with E-state index in [1.54, 1.807) is 12.1 Å². The number of benzene rings is 2. The molecule has 146 valence electrons. The molecular formula is C22H23NO4S. The van der Waals surface area contributed by atoms with E-state index in [0.29, 0.717) is 29.6 Å². The second-order valence-corrected chi connectivity index (χ2v) is 7.25. The van der Waals surface area contributed by atoms with Gasteiger partial charge in [0.05, 0.1) is 24.7 Å². The summed E-state index contributed by atoms with van der Waals surface area (Å²) in [6.45, 7) is 7.11. The molecule has 3 rings (SSSR count). The van der Waals surface area contributed by atoms with E-state index in [0.717, 1.165) is 28.5 Å². The molecular weight excluding hydrogens is 374 g/mol. The zero-order valence-corrected chi connectivity index (χ0v) is 17.0. The van der Waals surface area contributed by atoms with Crippen LogP contribution in [0.5, 0.6) is 11.5 Å². The Morgan fingerprint density at radius 1 is 1.04 bits per heavy atom. The number of carbonyl (C=O) groups excluding carboxylic acids is 2. The van der Waals surface area contributed by atoms with E-state index in [-0.39, 0.29) is 17.7 Å². The summed E-state index contributed by atoms with van der Waals surface area (Å²) >= 11 is 0.955. The smallest absolute Gasteiger partial charge is 0.293 e. The highest BCUT2D eigenvalue weighted by Crippen LogP contribution is 2.36. The molecule has 6 heteroatoms. The minimum Gasteiger partial charge on any atom is -0.494 e. The van der Waals surface area contributed by atoms with Gasteiger partial charge in [0, 0.05) is 11.6 Å². The molecule has 0 N–H and O–H groups in total.